The van der Waals surface area contributed by atoms with Crippen molar-refractivity contribution < 1.29 is 14.7 Å². The maximum atomic E-state index is 11.5. The lowest BCUT2D eigenvalue weighted by molar-refractivity contribution is -0.136. The third-order valence-electron chi connectivity index (χ3n) is 3.08. The van der Waals surface area contributed by atoms with Gasteiger partial charge in [-0.2, -0.15) is 0 Å². The quantitative estimate of drug-likeness (QED) is 0.805. The Kier molecular flexibility index (Phi) is 5.49. The van der Waals surface area contributed by atoms with Gasteiger partial charge in [0.1, 0.15) is 0 Å². The molecule has 0 saturated heterocycles. The second-order valence-electron chi connectivity index (χ2n) is 4.76. The largest absolute Gasteiger partial charge is 0.481 e. The SMILES string of the molecule is O=C(O)CCNC(=O)/C=C/c1ccc(-c2ccccc2)cc1. The number of aliphatic carboxylic acids is 1. The molecule has 0 fully saturated rings. The van der Waals surface area contributed by atoms with E-state index in [0.29, 0.717) is 0 Å². The molecule has 0 aliphatic heterocycles. The van der Waals surface area contributed by atoms with Crippen LogP contribution in [-0.4, -0.2) is 23.5 Å². The number of carboxylic acids is 1. The Labute approximate surface area is 129 Å². The first-order valence-electron chi connectivity index (χ1n) is 6.98. The summed E-state index contributed by atoms with van der Waals surface area (Å²) >= 11 is 0. The Morgan fingerprint density at radius 3 is 2.23 bits per heavy atom. The van der Waals surface area contributed by atoms with Gasteiger partial charge in [0.25, 0.3) is 0 Å². The number of amides is 1. The minimum atomic E-state index is -0.930. The Morgan fingerprint density at radius 2 is 1.59 bits per heavy atom. The van der Waals surface area contributed by atoms with Crippen molar-refractivity contribution in [3.8, 4) is 11.1 Å². The van der Waals surface area contributed by atoms with Crippen LogP contribution in [0.25, 0.3) is 17.2 Å². The zero-order chi connectivity index (χ0) is 15.8. The zero-order valence-electron chi connectivity index (χ0n) is 12.0. The molecule has 0 saturated carbocycles. The molecule has 2 aromatic rings. The van der Waals surface area contributed by atoms with E-state index in [1.807, 2.05) is 54.6 Å². The summed E-state index contributed by atoms with van der Waals surface area (Å²) in [6.07, 6.45) is 3.02. The monoisotopic (exact) mass is 295 g/mol. The van der Waals surface area contributed by atoms with E-state index in [-0.39, 0.29) is 18.9 Å². The molecule has 2 rings (SSSR count). The average Bonchev–Trinajstić information content (AvgIpc) is 2.54. The van der Waals surface area contributed by atoms with Gasteiger partial charge in [-0.25, -0.2) is 0 Å². The van der Waals surface area contributed by atoms with Gasteiger partial charge >= 0.3 is 5.97 Å². The molecule has 0 heterocycles. The number of benzene rings is 2. The summed E-state index contributed by atoms with van der Waals surface area (Å²) < 4.78 is 0. The Balaban J connectivity index is 1.92. The maximum Gasteiger partial charge on any atom is 0.305 e. The number of carbonyl (C=O) groups excluding carboxylic acids is 1. The number of carboxylic acid groups (broad SMARTS) is 1. The summed E-state index contributed by atoms with van der Waals surface area (Å²) in [5.41, 5.74) is 3.17. The Morgan fingerprint density at radius 1 is 0.955 bits per heavy atom. The van der Waals surface area contributed by atoms with E-state index in [1.165, 1.54) is 6.08 Å². The molecule has 0 atom stereocenters. The van der Waals surface area contributed by atoms with Crippen LogP contribution in [-0.2, 0) is 9.59 Å². The lowest BCUT2D eigenvalue weighted by Gasteiger charge is -2.02. The standard InChI is InChI=1S/C18H17NO3/c20-17(19-13-12-18(21)22)11-8-14-6-9-16(10-7-14)15-4-2-1-3-5-15/h1-11H,12-13H2,(H,19,20)(H,21,22)/b11-8+. The van der Waals surface area contributed by atoms with Crippen molar-refractivity contribution in [1.29, 1.82) is 0 Å². The van der Waals surface area contributed by atoms with Crippen molar-refractivity contribution >= 4 is 18.0 Å². The molecule has 0 aliphatic carbocycles. The highest BCUT2D eigenvalue weighted by Gasteiger charge is 1.99. The van der Waals surface area contributed by atoms with E-state index in [4.69, 9.17) is 5.11 Å². The fourth-order valence-electron chi connectivity index (χ4n) is 1.94. The van der Waals surface area contributed by atoms with E-state index >= 15 is 0 Å². The Hall–Kier alpha value is -2.88. The fourth-order valence-corrected chi connectivity index (χ4v) is 1.94. The van der Waals surface area contributed by atoms with Crippen molar-refractivity contribution in [2.75, 3.05) is 6.54 Å². The molecule has 0 aromatic heterocycles. The average molecular weight is 295 g/mol. The third-order valence-corrected chi connectivity index (χ3v) is 3.08. The number of hydrogen-bond donors (Lipinski definition) is 2. The molecule has 1 amide bonds. The van der Waals surface area contributed by atoms with Gasteiger partial charge in [0, 0.05) is 12.6 Å². The number of carbonyl (C=O) groups is 2. The first-order chi connectivity index (χ1) is 10.6. The second-order valence-corrected chi connectivity index (χ2v) is 4.76. The highest BCUT2D eigenvalue weighted by molar-refractivity contribution is 5.91. The molecule has 4 heteroatoms. The zero-order valence-corrected chi connectivity index (χ0v) is 12.0. The van der Waals surface area contributed by atoms with Gasteiger partial charge in [-0.15, -0.1) is 0 Å². The normalized spacial score (nSPS) is 10.5. The molecule has 4 nitrogen and oxygen atoms in total. The van der Waals surface area contributed by atoms with Gasteiger partial charge in [0.05, 0.1) is 6.42 Å². The van der Waals surface area contributed by atoms with E-state index < -0.39 is 5.97 Å². The van der Waals surface area contributed by atoms with Crippen LogP contribution in [0.3, 0.4) is 0 Å². The summed E-state index contributed by atoms with van der Waals surface area (Å²) in [7, 11) is 0. The molecule has 0 unspecified atom stereocenters. The first-order valence-corrected chi connectivity index (χ1v) is 6.98. The predicted molar refractivity (Wildman–Crippen MR) is 86.2 cm³/mol. The van der Waals surface area contributed by atoms with Crippen LogP contribution in [0, 0.1) is 0 Å². The fraction of sp³-hybridized carbons (Fsp3) is 0.111. The lowest BCUT2D eigenvalue weighted by atomic mass is 10.0. The predicted octanol–water partition coefficient (Wildman–Crippen LogP) is 2.96. The maximum absolute atomic E-state index is 11.5. The molecule has 0 bridgehead atoms. The molecular weight excluding hydrogens is 278 g/mol. The molecular formula is C18H17NO3. The number of nitrogens with one attached hydrogen (secondary N) is 1. The van der Waals surface area contributed by atoms with Crippen LogP contribution >= 0.6 is 0 Å². The highest BCUT2D eigenvalue weighted by Crippen LogP contribution is 2.19. The summed E-state index contributed by atoms with van der Waals surface area (Å²) in [5.74, 6) is -1.23. The topological polar surface area (TPSA) is 66.4 Å². The summed E-state index contributed by atoms with van der Waals surface area (Å²) in [5, 5.41) is 11.0. The van der Waals surface area contributed by atoms with Crippen molar-refractivity contribution in [3.05, 3.63) is 66.2 Å². The second kappa shape index (κ2) is 7.78. The van der Waals surface area contributed by atoms with Crippen LogP contribution in [0.15, 0.2) is 60.7 Å². The molecule has 2 N–H and O–H groups in total. The smallest absolute Gasteiger partial charge is 0.305 e. The van der Waals surface area contributed by atoms with Crippen LogP contribution in [0.5, 0.6) is 0 Å². The molecule has 0 radical (unpaired) electrons. The van der Waals surface area contributed by atoms with Gasteiger partial charge in [-0.1, -0.05) is 54.6 Å². The minimum absolute atomic E-state index is 0.0780. The van der Waals surface area contributed by atoms with Crippen LogP contribution in [0.1, 0.15) is 12.0 Å². The van der Waals surface area contributed by atoms with Crippen molar-refractivity contribution in [1.82, 2.24) is 5.32 Å². The summed E-state index contributed by atoms with van der Waals surface area (Å²) in [4.78, 5) is 21.8. The van der Waals surface area contributed by atoms with E-state index in [1.54, 1.807) is 6.08 Å². The molecule has 0 aliphatic rings. The van der Waals surface area contributed by atoms with Gasteiger partial charge in [-0.05, 0) is 22.8 Å². The highest BCUT2D eigenvalue weighted by atomic mass is 16.4. The van der Waals surface area contributed by atoms with Crippen molar-refractivity contribution in [2.45, 2.75) is 6.42 Å². The summed E-state index contributed by atoms with van der Waals surface area (Å²) in [6.45, 7) is 0.130. The molecule has 112 valence electrons. The molecule has 2 aromatic carbocycles. The molecule has 0 spiro atoms. The Bertz CT molecular complexity index is 660. The minimum Gasteiger partial charge on any atom is -0.481 e. The van der Waals surface area contributed by atoms with Gasteiger partial charge in [-0.3, -0.25) is 9.59 Å². The lowest BCUT2D eigenvalue weighted by Crippen LogP contribution is -2.23. The van der Waals surface area contributed by atoms with E-state index in [9.17, 15) is 9.59 Å². The van der Waals surface area contributed by atoms with Crippen molar-refractivity contribution in [2.24, 2.45) is 0 Å². The molecule has 22 heavy (non-hydrogen) atoms. The van der Waals surface area contributed by atoms with Crippen LogP contribution in [0.4, 0.5) is 0 Å². The summed E-state index contributed by atoms with van der Waals surface area (Å²) in [6, 6.07) is 17.9. The van der Waals surface area contributed by atoms with Crippen LogP contribution < -0.4 is 5.32 Å². The van der Waals surface area contributed by atoms with Crippen LogP contribution in [0.2, 0.25) is 0 Å². The van der Waals surface area contributed by atoms with E-state index in [2.05, 4.69) is 5.32 Å². The van der Waals surface area contributed by atoms with Gasteiger partial charge < -0.3 is 10.4 Å². The van der Waals surface area contributed by atoms with Gasteiger partial charge in [0.15, 0.2) is 0 Å². The van der Waals surface area contributed by atoms with E-state index in [0.717, 1.165) is 16.7 Å². The third kappa shape index (κ3) is 4.90. The first kappa shape index (κ1) is 15.5. The van der Waals surface area contributed by atoms with Crippen molar-refractivity contribution in [3.63, 3.8) is 0 Å². The number of hydrogen-bond acceptors (Lipinski definition) is 2. The number of rotatable bonds is 6. The van der Waals surface area contributed by atoms with Gasteiger partial charge in [0.2, 0.25) is 5.91 Å².